The van der Waals surface area contributed by atoms with Crippen molar-refractivity contribution in [3.8, 4) is 0 Å². The van der Waals surface area contributed by atoms with Crippen molar-refractivity contribution in [2.75, 3.05) is 6.54 Å². The van der Waals surface area contributed by atoms with E-state index < -0.39 is 5.97 Å². The molecule has 1 aliphatic heterocycles. The lowest BCUT2D eigenvalue weighted by atomic mass is 10.3. The topological polar surface area (TPSA) is 57.6 Å². The Labute approximate surface area is 97.3 Å². The summed E-state index contributed by atoms with van der Waals surface area (Å²) < 4.78 is 0.512. The molecule has 0 saturated carbocycles. The summed E-state index contributed by atoms with van der Waals surface area (Å²) in [7, 11) is 0. The molecule has 0 aliphatic carbocycles. The summed E-state index contributed by atoms with van der Waals surface area (Å²) >= 11 is 6.28. The van der Waals surface area contributed by atoms with Crippen LogP contribution >= 0.6 is 24.0 Å². The molecule has 1 amide bonds. The van der Waals surface area contributed by atoms with Gasteiger partial charge in [0.2, 0.25) is 0 Å². The summed E-state index contributed by atoms with van der Waals surface area (Å²) in [5, 5.41) is 8.46. The molecule has 0 aromatic carbocycles. The Morgan fingerprint density at radius 2 is 2.33 bits per heavy atom. The van der Waals surface area contributed by atoms with Crippen LogP contribution in [0.2, 0.25) is 0 Å². The van der Waals surface area contributed by atoms with Crippen LogP contribution in [0.3, 0.4) is 0 Å². The minimum absolute atomic E-state index is 0.0578. The van der Waals surface area contributed by atoms with E-state index in [1.54, 1.807) is 13.0 Å². The van der Waals surface area contributed by atoms with Crippen LogP contribution in [0.25, 0.3) is 0 Å². The van der Waals surface area contributed by atoms with E-state index in [0.717, 1.165) is 0 Å². The Kier molecular flexibility index (Phi) is 4.28. The van der Waals surface area contributed by atoms with Crippen LogP contribution in [0, 0.1) is 0 Å². The lowest BCUT2D eigenvalue weighted by Gasteiger charge is -2.12. The number of aliphatic carboxylic acids is 1. The first kappa shape index (κ1) is 12.2. The minimum atomic E-state index is -0.855. The van der Waals surface area contributed by atoms with Crippen molar-refractivity contribution in [1.82, 2.24) is 4.90 Å². The van der Waals surface area contributed by atoms with Gasteiger partial charge >= 0.3 is 5.97 Å². The Bertz CT molecular complexity index is 338. The predicted molar refractivity (Wildman–Crippen MR) is 62.5 cm³/mol. The highest BCUT2D eigenvalue weighted by molar-refractivity contribution is 8.26. The summed E-state index contributed by atoms with van der Waals surface area (Å²) in [6, 6.07) is 0. The minimum Gasteiger partial charge on any atom is -0.481 e. The lowest BCUT2D eigenvalue weighted by molar-refractivity contribution is -0.137. The van der Waals surface area contributed by atoms with E-state index in [1.165, 1.54) is 16.7 Å². The summed E-state index contributed by atoms with van der Waals surface area (Å²) in [6.07, 6.45) is 2.21. The van der Waals surface area contributed by atoms with Gasteiger partial charge < -0.3 is 5.11 Å². The molecule has 1 saturated heterocycles. The second kappa shape index (κ2) is 5.27. The molecule has 0 aromatic rings. The summed E-state index contributed by atoms with van der Waals surface area (Å²) in [5.41, 5.74) is 0. The Morgan fingerprint density at radius 3 is 2.80 bits per heavy atom. The monoisotopic (exact) mass is 245 g/mol. The molecule has 1 rings (SSSR count). The zero-order valence-corrected chi connectivity index (χ0v) is 9.86. The van der Waals surface area contributed by atoms with Gasteiger partial charge in [0.25, 0.3) is 5.91 Å². The molecule has 0 radical (unpaired) electrons. The van der Waals surface area contributed by atoms with Gasteiger partial charge in [-0.3, -0.25) is 14.5 Å². The van der Waals surface area contributed by atoms with E-state index in [0.29, 0.717) is 22.2 Å². The first-order chi connectivity index (χ1) is 7.06. The third-order valence-electron chi connectivity index (χ3n) is 1.91. The molecule has 0 spiro atoms. The number of thioether (sulfide) groups is 1. The van der Waals surface area contributed by atoms with E-state index in [4.69, 9.17) is 17.3 Å². The van der Waals surface area contributed by atoms with Gasteiger partial charge in [-0.2, -0.15) is 0 Å². The van der Waals surface area contributed by atoms with Crippen molar-refractivity contribution in [1.29, 1.82) is 0 Å². The standard InChI is InChI=1S/C9H11NO3S2/c1-2-6-8(13)10(9(14)15-6)5-3-4-7(11)12/h2H,3-5H2,1H3,(H,11,12)/b6-2-. The van der Waals surface area contributed by atoms with Gasteiger partial charge in [0.05, 0.1) is 4.91 Å². The van der Waals surface area contributed by atoms with Gasteiger partial charge in [-0.25, -0.2) is 0 Å². The fraction of sp³-hybridized carbons (Fsp3) is 0.444. The number of amides is 1. The number of hydrogen-bond acceptors (Lipinski definition) is 4. The first-order valence-electron chi connectivity index (χ1n) is 4.48. The fourth-order valence-electron chi connectivity index (χ4n) is 1.17. The Balaban J connectivity index is 2.52. The lowest BCUT2D eigenvalue weighted by Crippen LogP contribution is -2.29. The number of rotatable bonds is 4. The largest absolute Gasteiger partial charge is 0.481 e. The van der Waals surface area contributed by atoms with E-state index in [1.807, 2.05) is 0 Å². The van der Waals surface area contributed by atoms with Gasteiger partial charge in [0, 0.05) is 13.0 Å². The highest BCUT2D eigenvalue weighted by Crippen LogP contribution is 2.30. The summed E-state index contributed by atoms with van der Waals surface area (Å²) in [6.45, 7) is 2.16. The molecule has 1 aliphatic rings. The van der Waals surface area contributed by atoms with Crippen LogP contribution in [0.15, 0.2) is 11.0 Å². The van der Waals surface area contributed by atoms with Crippen molar-refractivity contribution >= 4 is 40.2 Å². The quantitative estimate of drug-likeness (QED) is 0.602. The molecular weight excluding hydrogens is 234 g/mol. The molecule has 0 atom stereocenters. The third kappa shape index (κ3) is 3.04. The number of allylic oxidation sites excluding steroid dienone is 1. The molecular formula is C9H11NO3S2. The summed E-state index contributed by atoms with van der Waals surface area (Å²) in [5.74, 6) is -0.968. The van der Waals surface area contributed by atoms with Crippen molar-refractivity contribution in [2.45, 2.75) is 19.8 Å². The highest BCUT2D eigenvalue weighted by atomic mass is 32.2. The van der Waals surface area contributed by atoms with E-state index >= 15 is 0 Å². The SMILES string of the molecule is C/C=C1\SC(=S)N(CCCC(=O)O)C1=O. The van der Waals surface area contributed by atoms with Gasteiger partial charge in [0.1, 0.15) is 4.32 Å². The molecule has 1 heterocycles. The number of hydrogen-bond donors (Lipinski definition) is 1. The average Bonchev–Trinajstić information content (AvgIpc) is 2.44. The second-order valence-electron chi connectivity index (χ2n) is 2.97. The molecule has 0 bridgehead atoms. The maximum atomic E-state index is 11.6. The van der Waals surface area contributed by atoms with E-state index in [-0.39, 0.29) is 12.3 Å². The van der Waals surface area contributed by atoms with Crippen molar-refractivity contribution < 1.29 is 14.7 Å². The number of nitrogens with zero attached hydrogens (tertiary/aromatic N) is 1. The zero-order valence-electron chi connectivity index (χ0n) is 8.23. The molecule has 0 unspecified atom stereocenters. The molecule has 4 nitrogen and oxygen atoms in total. The smallest absolute Gasteiger partial charge is 0.303 e. The van der Waals surface area contributed by atoms with Crippen LogP contribution in [-0.4, -0.2) is 32.7 Å². The predicted octanol–water partition coefficient (Wildman–Crippen LogP) is 1.62. The van der Waals surface area contributed by atoms with Crippen LogP contribution in [0.5, 0.6) is 0 Å². The third-order valence-corrected chi connectivity index (χ3v) is 3.40. The number of carbonyl (C=O) groups is 2. The number of carbonyl (C=O) groups excluding carboxylic acids is 1. The van der Waals surface area contributed by atoms with Crippen molar-refractivity contribution in [2.24, 2.45) is 0 Å². The fourth-order valence-corrected chi connectivity index (χ4v) is 2.40. The molecule has 82 valence electrons. The second-order valence-corrected chi connectivity index (χ2v) is 4.65. The van der Waals surface area contributed by atoms with Gasteiger partial charge in [-0.05, 0) is 13.3 Å². The zero-order chi connectivity index (χ0) is 11.4. The number of thiocarbonyl (C=S) groups is 1. The van der Waals surface area contributed by atoms with E-state index in [9.17, 15) is 9.59 Å². The van der Waals surface area contributed by atoms with Gasteiger partial charge in [-0.1, -0.05) is 30.1 Å². The summed E-state index contributed by atoms with van der Waals surface area (Å²) in [4.78, 5) is 24.0. The maximum Gasteiger partial charge on any atom is 0.303 e. The van der Waals surface area contributed by atoms with E-state index in [2.05, 4.69) is 0 Å². The van der Waals surface area contributed by atoms with Crippen LogP contribution in [0.1, 0.15) is 19.8 Å². The maximum absolute atomic E-state index is 11.6. The average molecular weight is 245 g/mol. The normalized spacial score (nSPS) is 19.0. The molecule has 1 N–H and O–H groups in total. The molecule has 6 heteroatoms. The van der Waals surface area contributed by atoms with Crippen LogP contribution in [-0.2, 0) is 9.59 Å². The van der Waals surface area contributed by atoms with Crippen molar-refractivity contribution in [3.05, 3.63) is 11.0 Å². The Hall–Kier alpha value is -0.880. The van der Waals surface area contributed by atoms with Crippen molar-refractivity contribution in [3.63, 3.8) is 0 Å². The van der Waals surface area contributed by atoms with Crippen LogP contribution in [0.4, 0.5) is 0 Å². The van der Waals surface area contributed by atoms with Gasteiger partial charge in [-0.15, -0.1) is 0 Å². The Morgan fingerprint density at radius 1 is 1.67 bits per heavy atom. The molecule has 15 heavy (non-hydrogen) atoms. The van der Waals surface area contributed by atoms with Gasteiger partial charge in [0.15, 0.2) is 0 Å². The highest BCUT2D eigenvalue weighted by Gasteiger charge is 2.30. The first-order valence-corrected chi connectivity index (χ1v) is 5.70. The molecule has 0 aromatic heterocycles. The molecule has 1 fully saturated rings. The number of carboxylic acids is 1. The number of carboxylic acid groups (broad SMARTS) is 1. The van der Waals surface area contributed by atoms with Crippen LogP contribution < -0.4 is 0 Å².